The number of hydrogen-bond donors (Lipinski definition) is 0. The third kappa shape index (κ3) is 5.61. The summed E-state index contributed by atoms with van der Waals surface area (Å²) in [4.78, 5) is 23.7. The van der Waals surface area contributed by atoms with Crippen LogP contribution in [0.4, 0.5) is 0 Å². The van der Waals surface area contributed by atoms with Crippen LogP contribution in [0, 0.1) is 20.8 Å². The number of aryl methyl sites for hydroxylation is 3. The Bertz CT molecular complexity index is 828. The van der Waals surface area contributed by atoms with E-state index >= 15 is 0 Å². The summed E-state index contributed by atoms with van der Waals surface area (Å²) in [5.74, 6) is 1.20. The van der Waals surface area contributed by atoms with Gasteiger partial charge in [-0.05, 0) is 39.7 Å². The third-order valence-corrected chi connectivity index (χ3v) is 5.33. The highest BCUT2D eigenvalue weighted by Gasteiger charge is 2.27. The minimum Gasteiger partial charge on any atom is -0.382 e. The van der Waals surface area contributed by atoms with Gasteiger partial charge in [0.2, 0.25) is 5.91 Å². The Morgan fingerprint density at radius 3 is 2.62 bits per heavy atom. The Hall–Kier alpha value is -2.32. The first-order chi connectivity index (χ1) is 14.0. The van der Waals surface area contributed by atoms with E-state index in [1.807, 2.05) is 37.9 Å². The normalized spacial score (nSPS) is 15.1. The molecular weight excluding hydrogens is 370 g/mol. The molecule has 0 spiro atoms. The van der Waals surface area contributed by atoms with E-state index in [4.69, 9.17) is 14.5 Å². The number of piperidine rings is 1. The van der Waals surface area contributed by atoms with Gasteiger partial charge in [0.25, 0.3) is 0 Å². The molecule has 2 aromatic heterocycles. The molecule has 29 heavy (non-hydrogen) atoms. The van der Waals surface area contributed by atoms with Crippen molar-refractivity contribution in [3.63, 3.8) is 0 Å². The zero-order valence-corrected chi connectivity index (χ0v) is 17.8. The van der Waals surface area contributed by atoms with Crippen LogP contribution in [0.25, 0.3) is 0 Å². The second-order valence-corrected chi connectivity index (χ2v) is 7.61. The lowest BCUT2D eigenvalue weighted by Crippen LogP contribution is -2.40. The smallest absolute Gasteiger partial charge is 0.244 e. The Labute approximate surface area is 172 Å². The van der Waals surface area contributed by atoms with Gasteiger partial charge in [-0.1, -0.05) is 0 Å². The standard InChI is InChI=1S/C21H31N5O3/c1-15-11-16(2)26(24-15)13-20(27)25-7-5-18(6-8-25)21-19(12-22-17(3)23-21)14-29-10-9-28-4/h11-12,18H,5-10,13-14H2,1-4H3. The van der Waals surface area contributed by atoms with Gasteiger partial charge < -0.3 is 14.4 Å². The van der Waals surface area contributed by atoms with E-state index in [9.17, 15) is 4.79 Å². The van der Waals surface area contributed by atoms with Crippen molar-refractivity contribution in [2.75, 3.05) is 33.4 Å². The molecule has 8 nitrogen and oxygen atoms in total. The van der Waals surface area contributed by atoms with Crippen molar-refractivity contribution in [3.05, 3.63) is 40.7 Å². The first kappa shape index (κ1) is 21.4. The maximum absolute atomic E-state index is 12.7. The molecule has 0 radical (unpaired) electrons. The molecule has 0 N–H and O–H groups in total. The van der Waals surface area contributed by atoms with Crippen LogP contribution in [0.3, 0.4) is 0 Å². The predicted molar refractivity (Wildman–Crippen MR) is 109 cm³/mol. The molecule has 0 aliphatic carbocycles. The number of ether oxygens (including phenoxy) is 2. The van der Waals surface area contributed by atoms with Crippen LogP contribution in [-0.2, 0) is 27.4 Å². The summed E-state index contributed by atoms with van der Waals surface area (Å²) in [5.41, 5.74) is 4.04. The van der Waals surface area contributed by atoms with Crippen LogP contribution in [0.2, 0.25) is 0 Å². The molecule has 1 aliphatic rings. The Morgan fingerprint density at radius 1 is 1.21 bits per heavy atom. The Morgan fingerprint density at radius 2 is 1.97 bits per heavy atom. The molecule has 0 aromatic carbocycles. The van der Waals surface area contributed by atoms with Crippen LogP contribution < -0.4 is 0 Å². The Balaban J connectivity index is 1.59. The van der Waals surface area contributed by atoms with Crippen molar-refractivity contribution in [3.8, 4) is 0 Å². The monoisotopic (exact) mass is 401 g/mol. The number of amides is 1. The minimum atomic E-state index is 0.122. The highest BCUT2D eigenvalue weighted by Crippen LogP contribution is 2.29. The number of hydrogen-bond acceptors (Lipinski definition) is 6. The van der Waals surface area contributed by atoms with E-state index in [0.29, 0.717) is 32.3 Å². The van der Waals surface area contributed by atoms with E-state index in [1.165, 1.54) is 0 Å². The first-order valence-electron chi connectivity index (χ1n) is 10.2. The summed E-state index contributed by atoms with van der Waals surface area (Å²) in [6, 6.07) is 1.99. The van der Waals surface area contributed by atoms with Crippen molar-refractivity contribution >= 4 is 5.91 Å². The maximum Gasteiger partial charge on any atom is 0.244 e. The van der Waals surface area contributed by atoms with Gasteiger partial charge in [0, 0.05) is 43.6 Å². The molecule has 2 aromatic rings. The molecule has 0 unspecified atom stereocenters. The zero-order valence-electron chi connectivity index (χ0n) is 17.8. The number of methoxy groups -OCH3 is 1. The second-order valence-electron chi connectivity index (χ2n) is 7.61. The van der Waals surface area contributed by atoms with Crippen LogP contribution in [0.15, 0.2) is 12.3 Å². The summed E-state index contributed by atoms with van der Waals surface area (Å²) in [6.07, 6.45) is 3.65. The van der Waals surface area contributed by atoms with Crippen molar-refractivity contribution < 1.29 is 14.3 Å². The lowest BCUT2D eigenvalue weighted by Gasteiger charge is -2.32. The van der Waals surface area contributed by atoms with Crippen LogP contribution in [0.1, 0.15) is 47.2 Å². The molecule has 3 rings (SSSR count). The second kappa shape index (κ2) is 9.93. The average molecular weight is 402 g/mol. The van der Waals surface area contributed by atoms with E-state index in [2.05, 4.69) is 10.1 Å². The van der Waals surface area contributed by atoms with Gasteiger partial charge in [-0.25, -0.2) is 9.97 Å². The maximum atomic E-state index is 12.7. The third-order valence-electron chi connectivity index (χ3n) is 5.33. The first-order valence-corrected chi connectivity index (χ1v) is 10.2. The van der Waals surface area contributed by atoms with E-state index < -0.39 is 0 Å². The lowest BCUT2D eigenvalue weighted by molar-refractivity contribution is -0.133. The molecule has 1 aliphatic heterocycles. The molecule has 0 atom stereocenters. The van der Waals surface area contributed by atoms with Gasteiger partial charge in [-0.15, -0.1) is 0 Å². The highest BCUT2D eigenvalue weighted by atomic mass is 16.5. The number of carbonyl (C=O) groups is 1. The predicted octanol–water partition coefficient (Wildman–Crippen LogP) is 2.17. The molecule has 0 saturated carbocycles. The number of carbonyl (C=O) groups excluding carboxylic acids is 1. The summed E-state index contributed by atoms with van der Waals surface area (Å²) in [5, 5.41) is 4.40. The van der Waals surface area contributed by atoms with Gasteiger partial charge in [0.05, 0.1) is 31.2 Å². The van der Waals surface area contributed by atoms with E-state index in [-0.39, 0.29) is 5.91 Å². The van der Waals surface area contributed by atoms with Gasteiger partial charge in [0.1, 0.15) is 12.4 Å². The fraction of sp³-hybridized carbons (Fsp3) is 0.619. The molecular formula is C21H31N5O3. The molecule has 8 heteroatoms. The van der Waals surface area contributed by atoms with E-state index in [0.717, 1.165) is 54.4 Å². The van der Waals surface area contributed by atoms with Crippen molar-refractivity contribution in [1.82, 2.24) is 24.6 Å². The molecule has 1 fully saturated rings. The highest BCUT2D eigenvalue weighted by molar-refractivity contribution is 5.76. The van der Waals surface area contributed by atoms with Gasteiger partial charge in [-0.2, -0.15) is 5.10 Å². The molecule has 0 bridgehead atoms. The van der Waals surface area contributed by atoms with E-state index in [1.54, 1.807) is 11.8 Å². The van der Waals surface area contributed by atoms with Crippen molar-refractivity contribution in [2.45, 2.75) is 52.7 Å². The zero-order chi connectivity index (χ0) is 20.8. The summed E-state index contributed by atoms with van der Waals surface area (Å²) >= 11 is 0. The molecule has 158 valence electrons. The summed E-state index contributed by atoms with van der Waals surface area (Å²) in [7, 11) is 1.66. The topological polar surface area (TPSA) is 82.4 Å². The minimum absolute atomic E-state index is 0.122. The number of aromatic nitrogens is 4. The fourth-order valence-electron chi connectivity index (χ4n) is 3.77. The molecule has 3 heterocycles. The quantitative estimate of drug-likeness (QED) is 0.631. The van der Waals surface area contributed by atoms with Crippen LogP contribution in [-0.4, -0.2) is 64.0 Å². The average Bonchev–Trinajstić information content (AvgIpc) is 3.03. The van der Waals surface area contributed by atoms with Crippen molar-refractivity contribution in [2.24, 2.45) is 0 Å². The largest absolute Gasteiger partial charge is 0.382 e. The van der Waals surface area contributed by atoms with Crippen molar-refractivity contribution in [1.29, 1.82) is 0 Å². The van der Waals surface area contributed by atoms with Gasteiger partial charge >= 0.3 is 0 Å². The summed E-state index contributed by atoms with van der Waals surface area (Å²) < 4.78 is 12.5. The van der Waals surface area contributed by atoms with Crippen LogP contribution >= 0.6 is 0 Å². The molecule has 1 saturated heterocycles. The molecule has 1 amide bonds. The van der Waals surface area contributed by atoms with Gasteiger partial charge in [-0.3, -0.25) is 9.48 Å². The summed E-state index contributed by atoms with van der Waals surface area (Å²) in [6.45, 7) is 9.19. The number of likely N-dealkylation sites (tertiary alicyclic amines) is 1. The number of rotatable bonds is 8. The lowest BCUT2D eigenvalue weighted by atomic mass is 9.91. The Kier molecular flexibility index (Phi) is 7.33. The fourth-order valence-corrected chi connectivity index (χ4v) is 3.77. The number of nitrogens with zero attached hydrogens (tertiary/aromatic N) is 5. The SMILES string of the molecule is COCCOCc1cnc(C)nc1C1CCN(C(=O)Cn2nc(C)cc2C)CC1. The van der Waals surface area contributed by atoms with Gasteiger partial charge in [0.15, 0.2) is 0 Å². The van der Waals surface area contributed by atoms with Crippen LogP contribution in [0.5, 0.6) is 0 Å².